The first-order valence-electron chi connectivity index (χ1n) is 9.43. The Kier molecular flexibility index (Phi) is 7.65. The summed E-state index contributed by atoms with van der Waals surface area (Å²) in [5.41, 5.74) is 1.55. The van der Waals surface area contributed by atoms with Crippen molar-refractivity contribution in [3.05, 3.63) is 65.6 Å². The smallest absolute Gasteiger partial charge is 0.412 e. The first-order chi connectivity index (χ1) is 15.2. The summed E-state index contributed by atoms with van der Waals surface area (Å²) < 4.78 is 6.52. The zero-order chi connectivity index (χ0) is 21.9. The molecule has 1 amide bonds. The van der Waals surface area contributed by atoms with Gasteiger partial charge in [-0.1, -0.05) is 41.6 Å². The van der Waals surface area contributed by atoms with Crippen LogP contribution < -0.4 is 5.32 Å². The third kappa shape index (κ3) is 6.37. The van der Waals surface area contributed by atoms with Crippen molar-refractivity contribution in [2.45, 2.75) is 18.9 Å². The summed E-state index contributed by atoms with van der Waals surface area (Å²) in [6.45, 7) is 0.250. The van der Waals surface area contributed by atoms with Crippen LogP contribution in [0.2, 0.25) is 0 Å². The Bertz CT molecular complexity index is 1060. The van der Waals surface area contributed by atoms with Crippen LogP contribution in [0.25, 0.3) is 0 Å². The lowest BCUT2D eigenvalue weighted by molar-refractivity contribution is 0.128. The quantitative estimate of drug-likeness (QED) is 0.245. The SMILES string of the molecule is C#CCCOC(=O)Nc1cccc(CON=CC(c2ccccc2)c2nnnn2C)n1. The molecule has 0 bridgehead atoms. The lowest BCUT2D eigenvalue weighted by Gasteiger charge is -2.10. The normalized spacial score (nSPS) is 11.6. The number of anilines is 1. The van der Waals surface area contributed by atoms with Crippen molar-refractivity contribution in [1.82, 2.24) is 25.2 Å². The maximum atomic E-state index is 11.7. The van der Waals surface area contributed by atoms with Crippen LogP contribution in [-0.4, -0.2) is 44.1 Å². The Hall–Kier alpha value is -4.26. The molecule has 2 aromatic heterocycles. The molecule has 1 unspecified atom stereocenters. The number of benzene rings is 1. The van der Waals surface area contributed by atoms with E-state index in [1.807, 2.05) is 30.3 Å². The predicted molar refractivity (Wildman–Crippen MR) is 113 cm³/mol. The molecular formula is C21H21N7O3. The molecule has 31 heavy (non-hydrogen) atoms. The lowest BCUT2D eigenvalue weighted by Crippen LogP contribution is -2.15. The van der Waals surface area contributed by atoms with Crippen LogP contribution in [0.5, 0.6) is 0 Å². The van der Waals surface area contributed by atoms with E-state index in [0.717, 1.165) is 5.56 Å². The first kappa shape index (κ1) is 21.4. The van der Waals surface area contributed by atoms with Crippen LogP contribution in [0.1, 0.15) is 29.4 Å². The maximum Gasteiger partial charge on any atom is 0.412 e. The number of carbonyl (C=O) groups excluding carboxylic acids is 1. The largest absolute Gasteiger partial charge is 0.448 e. The monoisotopic (exact) mass is 419 g/mol. The Balaban J connectivity index is 1.60. The molecule has 0 saturated carbocycles. The van der Waals surface area contributed by atoms with Crippen LogP contribution in [0.3, 0.4) is 0 Å². The van der Waals surface area contributed by atoms with Gasteiger partial charge in [-0.3, -0.25) is 5.32 Å². The molecule has 10 heteroatoms. The Morgan fingerprint density at radius 3 is 2.87 bits per heavy atom. The molecular weight excluding hydrogens is 398 g/mol. The van der Waals surface area contributed by atoms with Crippen molar-refractivity contribution >= 4 is 18.1 Å². The number of tetrazole rings is 1. The molecule has 3 aromatic rings. The van der Waals surface area contributed by atoms with Crippen molar-refractivity contribution in [1.29, 1.82) is 0 Å². The van der Waals surface area contributed by atoms with Crippen molar-refractivity contribution in [3.63, 3.8) is 0 Å². The minimum absolute atomic E-state index is 0.108. The number of hydrogen-bond donors (Lipinski definition) is 1. The Labute approximate surface area is 179 Å². The molecule has 1 aromatic carbocycles. The Morgan fingerprint density at radius 2 is 2.13 bits per heavy atom. The van der Waals surface area contributed by atoms with Crippen LogP contribution in [-0.2, 0) is 23.2 Å². The van der Waals surface area contributed by atoms with Gasteiger partial charge >= 0.3 is 6.09 Å². The summed E-state index contributed by atoms with van der Waals surface area (Å²) in [5.74, 6) is 3.08. The van der Waals surface area contributed by atoms with E-state index < -0.39 is 6.09 Å². The molecule has 10 nitrogen and oxygen atoms in total. The van der Waals surface area contributed by atoms with Gasteiger partial charge < -0.3 is 9.57 Å². The van der Waals surface area contributed by atoms with Crippen molar-refractivity contribution in [2.75, 3.05) is 11.9 Å². The molecule has 0 aliphatic rings. The molecule has 0 saturated heterocycles. The van der Waals surface area contributed by atoms with E-state index in [2.05, 4.69) is 36.9 Å². The van der Waals surface area contributed by atoms with Gasteiger partial charge in [0.25, 0.3) is 0 Å². The van der Waals surface area contributed by atoms with Crippen LogP contribution in [0, 0.1) is 12.3 Å². The highest BCUT2D eigenvalue weighted by molar-refractivity contribution is 5.83. The topological polar surface area (TPSA) is 116 Å². The molecule has 0 radical (unpaired) electrons. The second-order valence-electron chi connectivity index (χ2n) is 6.31. The van der Waals surface area contributed by atoms with E-state index in [-0.39, 0.29) is 19.1 Å². The highest BCUT2D eigenvalue weighted by Gasteiger charge is 2.18. The van der Waals surface area contributed by atoms with E-state index >= 15 is 0 Å². The number of nitrogens with zero attached hydrogens (tertiary/aromatic N) is 6. The molecule has 1 N–H and O–H groups in total. The highest BCUT2D eigenvalue weighted by atomic mass is 16.6. The number of aromatic nitrogens is 5. The zero-order valence-electron chi connectivity index (χ0n) is 16.9. The Morgan fingerprint density at radius 1 is 1.29 bits per heavy atom. The fourth-order valence-electron chi connectivity index (χ4n) is 2.64. The summed E-state index contributed by atoms with van der Waals surface area (Å²) in [4.78, 5) is 21.4. The van der Waals surface area contributed by atoms with E-state index in [9.17, 15) is 4.79 Å². The number of carbonyl (C=O) groups is 1. The number of oxime groups is 1. The minimum Gasteiger partial charge on any atom is -0.448 e. The maximum absolute atomic E-state index is 11.7. The number of ether oxygens (including phenoxy) is 1. The molecule has 158 valence electrons. The predicted octanol–water partition coefficient (Wildman–Crippen LogP) is 2.51. The summed E-state index contributed by atoms with van der Waals surface area (Å²) in [7, 11) is 1.76. The standard InChI is InChI=1S/C21H21N7O3/c1-3-4-13-30-21(29)24-19-12-8-11-17(23-19)15-31-22-14-18(16-9-6-5-7-10-16)20-25-26-27-28(20)2/h1,5-12,14,18H,4,13,15H2,2H3,(H,23,24,29). The van der Waals surface area contributed by atoms with Gasteiger partial charge in [-0.2, -0.15) is 0 Å². The van der Waals surface area contributed by atoms with E-state index in [1.165, 1.54) is 0 Å². The minimum atomic E-state index is -0.623. The number of rotatable bonds is 9. The van der Waals surface area contributed by atoms with Crippen molar-refractivity contribution in [3.8, 4) is 12.3 Å². The average molecular weight is 419 g/mol. The molecule has 3 rings (SSSR count). The van der Waals surface area contributed by atoms with Gasteiger partial charge in [0.2, 0.25) is 0 Å². The van der Waals surface area contributed by atoms with Gasteiger partial charge in [0.05, 0.1) is 17.8 Å². The number of terminal acetylenes is 1. The number of nitrogens with one attached hydrogen (secondary N) is 1. The average Bonchev–Trinajstić information content (AvgIpc) is 3.20. The van der Waals surface area contributed by atoms with E-state index in [4.69, 9.17) is 16.0 Å². The van der Waals surface area contributed by atoms with Crippen molar-refractivity contribution in [2.24, 2.45) is 12.2 Å². The van der Waals surface area contributed by atoms with Crippen LogP contribution in [0.4, 0.5) is 10.6 Å². The lowest BCUT2D eigenvalue weighted by atomic mass is 10.00. The number of pyridine rings is 1. The van der Waals surface area contributed by atoms with Gasteiger partial charge in [-0.05, 0) is 28.1 Å². The van der Waals surface area contributed by atoms with Gasteiger partial charge in [0.15, 0.2) is 12.4 Å². The van der Waals surface area contributed by atoms with Crippen LogP contribution >= 0.6 is 0 Å². The second kappa shape index (κ2) is 11.1. The van der Waals surface area contributed by atoms with E-state index in [1.54, 1.807) is 36.1 Å². The molecule has 1 atom stereocenters. The second-order valence-corrected chi connectivity index (χ2v) is 6.31. The number of hydrogen-bond acceptors (Lipinski definition) is 8. The molecule has 0 aliphatic carbocycles. The fraction of sp³-hybridized carbons (Fsp3) is 0.238. The molecule has 0 spiro atoms. The number of amides is 1. The molecule has 0 aliphatic heterocycles. The van der Waals surface area contributed by atoms with Crippen LogP contribution in [0.15, 0.2) is 53.7 Å². The summed E-state index contributed by atoms with van der Waals surface area (Å²) >= 11 is 0. The summed E-state index contributed by atoms with van der Waals surface area (Å²) in [5, 5.41) is 18.3. The highest BCUT2D eigenvalue weighted by Crippen LogP contribution is 2.20. The van der Waals surface area contributed by atoms with Gasteiger partial charge in [-0.15, -0.1) is 17.4 Å². The zero-order valence-corrected chi connectivity index (χ0v) is 16.9. The fourth-order valence-corrected chi connectivity index (χ4v) is 2.64. The molecule has 2 heterocycles. The van der Waals surface area contributed by atoms with Crippen molar-refractivity contribution < 1.29 is 14.4 Å². The van der Waals surface area contributed by atoms with E-state index in [0.29, 0.717) is 23.8 Å². The van der Waals surface area contributed by atoms with Gasteiger partial charge in [-0.25, -0.2) is 14.5 Å². The summed E-state index contributed by atoms with van der Waals surface area (Å²) in [6.07, 6.45) is 6.48. The van der Waals surface area contributed by atoms with Gasteiger partial charge in [0.1, 0.15) is 12.4 Å². The molecule has 0 fully saturated rings. The third-order valence-corrected chi connectivity index (χ3v) is 4.10. The summed E-state index contributed by atoms with van der Waals surface area (Å²) in [6, 6.07) is 14.9. The first-order valence-corrected chi connectivity index (χ1v) is 9.43. The third-order valence-electron chi connectivity index (χ3n) is 4.10. The van der Waals surface area contributed by atoms with Gasteiger partial charge in [0, 0.05) is 13.5 Å². The number of aryl methyl sites for hydroxylation is 1.